The Labute approximate surface area is 76.7 Å². The molecule has 0 aliphatic heterocycles. The summed E-state index contributed by atoms with van der Waals surface area (Å²) in [6.45, 7) is 1.91. The van der Waals surface area contributed by atoms with Crippen molar-refractivity contribution in [2.45, 2.75) is 19.8 Å². The molecule has 0 atom stereocenters. The van der Waals surface area contributed by atoms with E-state index in [0.29, 0.717) is 17.8 Å². The average molecular weight is 180 g/mol. The van der Waals surface area contributed by atoms with Crippen LogP contribution in [0.1, 0.15) is 19.1 Å². The molecule has 1 N–H and O–H groups in total. The van der Waals surface area contributed by atoms with Crippen LogP contribution < -0.4 is 0 Å². The van der Waals surface area contributed by atoms with E-state index in [0.717, 1.165) is 6.42 Å². The summed E-state index contributed by atoms with van der Waals surface area (Å²) >= 11 is 0. The lowest BCUT2D eigenvalue weighted by atomic mass is 10.1. The molecule has 0 fully saturated rings. The Bertz CT molecular complexity index is 296. The van der Waals surface area contributed by atoms with Crippen LogP contribution in [-0.2, 0) is 11.2 Å². The van der Waals surface area contributed by atoms with E-state index < -0.39 is 5.97 Å². The van der Waals surface area contributed by atoms with Crippen LogP contribution in [0.5, 0.6) is 0 Å². The maximum atomic E-state index is 10.7. The van der Waals surface area contributed by atoms with Crippen molar-refractivity contribution in [3.8, 4) is 0 Å². The SMILES string of the molecule is CC/C=C(\Cc1ccco1)C(=O)O. The van der Waals surface area contributed by atoms with Crippen molar-refractivity contribution in [1.29, 1.82) is 0 Å². The smallest absolute Gasteiger partial charge is 0.331 e. The lowest BCUT2D eigenvalue weighted by Gasteiger charge is -1.98. The number of carboxylic acid groups (broad SMARTS) is 1. The van der Waals surface area contributed by atoms with Crippen molar-refractivity contribution >= 4 is 5.97 Å². The molecule has 70 valence electrons. The van der Waals surface area contributed by atoms with Gasteiger partial charge in [-0.3, -0.25) is 0 Å². The minimum atomic E-state index is -0.877. The highest BCUT2D eigenvalue weighted by molar-refractivity contribution is 5.86. The van der Waals surface area contributed by atoms with Gasteiger partial charge in [-0.1, -0.05) is 13.0 Å². The largest absolute Gasteiger partial charge is 0.478 e. The summed E-state index contributed by atoms with van der Waals surface area (Å²) in [6, 6.07) is 3.52. The molecule has 13 heavy (non-hydrogen) atoms. The molecule has 0 spiro atoms. The van der Waals surface area contributed by atoms with Gasteiger partial charge >= 0.3 is 5.97 Å². The number of rotatable bonds is 4. The van der Waals surface area contributed by atoms with E-state index in [4.69, 9.17) is 9.52 Å². The Morgan fingerprint density at radius 1 is 1.69 bits per heavy atom. The molecule has 0 radical (unpaired) electrons. The molecule has 1 heterocycles. The van der Waals surface area contributed by atoms with Gasteiger partial charge in [0.1, 0.15) is 5.76 Å². The second-order valence-electron chi connectivity index (χ2n) is 2.70. The van der Waals surface area contributed by atoms with Crippen LogP contribution >= 0.6 is 0 Å². The minimum Gasteiger partial charge on any atom is -0.478 e. The van der Waals surface area contributed by atoms with Gasteiger partial charge in [0.25, 0.3) is 0 Å². The van der Waals surface area contributed by atoms with Gasteiger partial charge in [-0.05, 0) is 18.6 Å². The Morgan fingerprint density at radius 2 is 2.46 bits per heavy atom. The summed E-state index contributed by atoms with van der Waals surface area (Å²) < 4.78 is 5.06. The van der Waals surface area contributed by atoms with Crippen molar-refractivity contribution < 1.29 is 14.3 Å². The van der Waals surface area contributed by atoms with Gasteiger partial charge in [0.05, 0.1) is 6.26 Å². The Kier molecular flexibility index (Phi) is 3.31. The molecule has 0 saturated carbocycles. The topological polar surface area (TPSA) is 50.4 Å². The van der Waals surface area contributed by atoms with Gasteiger partial charge in [-0.2, -0.15) is 0 Å². The predicted octanol–water partition coefficient (Wildman–Crippen LogP) is 2.24. The second kappa shape index (κ2) is 4.50. The lowest BCUT2D eigenvalue weighted by Crippen LogP contribution is -2.03. The van der Waals surface area contributed by atoms with Crippen LogP contribution in [0.15, 0.2) is 34.5 Å². The van der Waals surface area contributed by atoms with Crippen LogP contribution in [0.2, 0.25) is 0 Å². The molecule has 0 aliphatic carbocycles. The molecule has 1 aromatic rings. The fourth-order valence-corrected chi connectivity index (χ4v) is 1.08. The van der Waals surface area contributed by atoms with Gasteiger partial charge < -0.3 is 9.52 Å². The number of carboxylic acids is 1. The summed E-state index contributed by atoms with van der Waals surface area (Å²) in [4.78, 5) is 10.7. The molecule has 0 aromatic carbocycles. The monoisotopic (exact) mass is 180 g/mol. The Balaban J connectivity index is 2.69. The fourth-order valence-electron chi connectivity index (χ4n) is 1.08. The first-order valence-electron chi connectivity index (χ1n) is 4.18. The van der Waals surface area contributed by atoms with E-state index in [1.165, 1.54) is 0 Å². The van der Waals surface area contributed by atoms with E-state index >= 15 is 0 Å². The zero-order valence-corrected chi connectivity index (χ0v) is 7.49. The Hall–Kier alpha value is -1.51. The molecule has 0 unspecified atom stereocenters. The third-order valence-electron chi connectivity index (χ3n) is 1.67. The van der Waals surface area contributed by atoms with Gasteiger partial charge in [0, 0.05) is 12.0 Å². The van der Waals surface area contributed by atoms with E-state index in [1.807, 2.05) is 6.92 Å². The molecule has 3 nitrogen and oxygen atoms in total. The normalized spacial score (nSPS) is 11.6. The fraction of sp³-hybridized carbons (Fsp3) is 0.300. The van der Waals surface area contributed by atoms with E-state index in [1.54, 1.807) is 24.5 Å². The van der Waals surface area contributed by atoms with Crippen molar-refractivity contribution in [2.75, 3.05) is 0 Å². The number of furan rings is 1. The summed E-state index contributed by atoms with van der Waals surface area (Å²) in [7, 11) is 0. The summed E-state index contributed by atoms with van der Waals surface area (Å²) in [6.07, 6.45) is 4.32. The standard InChI is InChI=1S/C10H12O3/c1-2-4-8(10(11)12)7-9-5-3-6-13-9/h3-6H,2,7H2,1H3,(H,11,12)/b8-4+. The van der Waals surface area contributed by atoms with Crippen molar-refractivity contribution in [3.05, 3.63) is 35.8 Å². The lowest BCUT2D eigenvalue weighted by molar-refractivity contribution is -0.132. The molecular formula is C10H12O3. The first-order valence-corrected chi connectivity index (χ1v) is 4.18. The van der Waals surface area contributed by atoms with Crippen molar-refractivity contribution in [3.63, 3.8) is 0 Å². The Morgan fingerprint density at radius 3 is 2.92 bits per heavy atom. The molecule has 0 saturated heterocycles. The first-order chi connectivity index (χ1) is 6.24. The predicted molar refractivity (Wildman–Crippen MR) is 48.4 cm³/mol. The first kappa shape index (κ1) is 9.58. The number of allylic oxidation sites excluding steroid dienone is 1. The zero-order chi connectivity index (χ0) is 9.68. The zero-order valence-electron chi connectivity index (χ0n) is 7.49. The maximum Gasteiger partial charge on any atom is 0.331 e. The number of carbonyl (C=O) groups is 1. The highest BCUT2D eigenvalue weighted by Gasteiger charge is 2.08. The van der Waals surface area contributed by atoms with Gasteiger partial charge in [-0.15, -0.1) is 0 Å². The van der Waals surface area contributed by atoms with Crippen LogP contribution in [0.3, 0.4) is 0 Å². The molecule has 1 aromatic heterocycles. The maximum absolute atomic E-state index is 10.7. The highest BCUT2D eigenvalue weighted by atomic mass is 16.4. The van der Waals surface area contributed by atoms with Crippen LogP contribution in [-0.4, -0.2) is 11.1 Å². The molecule has 0 amide bonds. The quantitative estimate of drug-likeness (QED) is 0.723. The molecular weight excluding hydrogens is 168 g/mol. The highest BCUT2D eigenvalue weighted by Crippen LogP contribution is 2.09. The molecule has 1 rings (SSSR count). The van der Waals surface area contributed by atoms with E-state index in [-0.39, 0.29) is 0 Å². The molecule has 0 bridgehead atoms. The number of hydrogen-bond acceptors (Lipinski definition) is 2. The molecule has 3 heteroatoms. The molecule has 0 aliphatic rings. The van der Waals surface area contributed by atoms with Gasteiger partial charge in [0.2, 0.25) is 0 Å². The van der Waals surface area contributed by atoms with Gasteiger partial charge in [-0.25, -0.2) is 4.79 Å². The average Bonchev–Trinajstić information content (AvgIpc) is 2.56. The minimum absolute atomic E-state index is 0.357. The summed E-state index contributed by atoms with van der Waals surface area (Å²) in [5.74, 6) is -0.194. The van der Waals surface area contributed by atoms with Crippen LogP contribution in [0, 0.1) is 0 Å². The summed E-state index contributed by atoms with van der Waals surface area (Å²) in [5.41, 5.74) is 0.387. The number of aliphatic carboxylic acids is 1. The van der Waals surface area contributed by atoms with E-state index in [9.17, 15) is 4.79 Å². The third-order valence-corrected chi connectivity index (χ3v) is 1.67. The summed E-state index contributed by atoms with van der Waals surface area (Å²) in [5, 5.41) is 8.79. The van der Waals surface area contributed by atoms with Crippen LogP contribution in [0.25, 0.3) is 0 Å². The second-order valence-corrected chi connectivity index (χ2v) is 2.70. The van der Waals surface area contributed by atoms with Crippen molar-refractivity contribution in [2.24, 2.45) is 0 Å². The van der Waals surface area contributed by atoms with Gasteiger partial charge in [0.15, 0.2) is 0 Å². The third kappa shape index (κ3) is 2.78. The van der Waals surface area contributed by atoms with Crippen LogP contribution in [0.4, 0.5) is 0 Å². The van der Waals surface area contributed by atoms with E-state index in [2.05, 4.69) is 0 Å². The van der Waals surface area contributed by atoms with Crippen molar-refractivity contribution in [1.82, 2.24) is 0 Å². The number of hydrogen-bond donors (Lipinski definition) is 1.